The summed E-state index contributed by atoms with van der Waals surface area (Å²) in [6.45, 7) is 3.17. The van der Waals surface area contributed by atoms with Gasteiger partial charge in [0.1, 0.15) is 6.10 Å². The third-order valence-corrected chi connectivity index (χ3v) is 4.52. The van der Waals surface area contributed by atoms with Crippen LogP contribution in [0.4, 0.5) is 5.69 Å². The summed E-state index contributed by atoms with van der Waals surface area (Å²) in [6.07, 6.45) is 5.06. The summed E-state index contributed by atoms with van der Waals surface area (Å²) >= 11 is 0. The van der Waals surface area contributed by atoms with E-state index in [1.165, 1.54) is 19.3 Å². The maximum Gasteiger partial charge on any atom is 0.253 e. The maximum atomic E-state index is 12.1. The van der Waals surface area contributed by atoms with E-state index in [0.29, 0.717) is 19.1 Å². The van der Waals surface area contributed by atoms with Gasteiger partial charge in [0.2, 0.25) is 0 Å². The average Bonchev–Trinajstić information content (AvgIpc) is 3.15. The molecule has 2 aliphatic heterocycles. The number of nitrogens with zero attached hydrogens (tertiary/aromatic N) is 2. The topological polar surface area (TPSA) is 79.9 Å². The SMILES string of the molecule is I.NC(=NCc1cccc(NC(=O)C2CCCO2)c1)N1CCCCC1. The lowest BCUT2D eigenvalue weighted by Gasteiger charge is -2.27. The van der Waals surface area contributed by atoms with E-state index < -0.39 is 0 Å². The van der Waals surface area contributed by atoms with Gasteiger partial charge in [-0.1, -0.05) is 12.1 Å². The van der Waals surface area contributed by atoms with Gasteiger partial charge in [-0.15, -0.1) is 24.0 Å². The fourth-order valence-corrected chi connectivity index (χ4v) is 3.15. The number of hydrogen-bond acceptors (Lipinski definition) is 3. The van der Waals surface area contributed by atoms with E-state index in [1.54, 1.807) is 0 Å². The van der Waals surface area contributed by atoms with E-state index >= 15 is 0 Å². The molecule has 2 heterocycles. The second kappa shape index (κ2) is 9.96. The normalized spacial score (nSPS) is 20.9. The molecule has 7 heteroatoms. The lowest BCUT2D eigenvalue weighted by atomic mass is 10.1. The Bertz CT molecular complexity index is 596. The molecule has 2 aliphatic rings. The molecule has 3 N–H and O–H groups in total. The summed E-state index contributed by atoms with van der Waals surface area (Å²) in [4.78, 5) is 18.8. The summed E-state index contributed by atoms with van der Waals surface area (Å²) in [5, 5.41) is 2.92. The highest BCUT2D eigenvalue weighted by molar-refractivity contribution is 14.0. The molecule has 0 aromatic heterocycles. The number of rotatable bonds is 4. The fraction of sp³-hybridized carbons (Fsp3) is 0.556. The monoisotopic (exact) mass is 458 g/mol. The Morgan fingerprint density at radius 3 is 2.80 bits per heavy atom. The van der Waals surface area contributed by atoms with E-state index in [1.807, 2.05) is 24.3 Å². The molecule has 0 aliphatic carbocycles. The van der Waals surface area contributed by atoms with E-state index in [-0.39, 0.29) is 36.0 Å². The van der Waals surface area contributed by atoms with Gasteiger partial charge in [-0.3, -0.25) is 4.79 Å². The molecule has 0 saturated carbocycles. The lowest BCUT2D eigenvalue weighted by Crippen LogP contribution is -2.40. The van der Waals surface area contributed by atoms with Gasteiger partial charge in [0.15, 0.2) is 5.96 Å². The number of anilines is 1. The third kappa shape index (κ3) is 5.85. The van der Waals surface area contributed by atoms with Crippen LogP contribution >= 0.6 is 24.0 Å². The molecule has 2 saturated heterocycles. The van der Waals surface area contributed by atoms with Crippen molar-refractivity contribution in [2.24, 2.45) is 10.7 Å². The number of halogens is 1. The number of benzene rings is 1. The summed E-state index contributed by atoms with van der Waals surface area (Å²) < 4.78 is 5.41. The number of likely N-dealkylation sites (tertiary alicyclic amines) is 1. The number of amides is 1. The molecule has 138 valence electrons. The molecule has 25 heavy (non-hydrogen) atoms. The van der Waals surface area contributed by atoms with Gasteiger partial charge in [-0.25, -0.2) is 4.99 Å². The molecule has 6 nitrogen and oxygen atoms in total. The summed E-state index contributed by atoms with van der Waals surface area (Å²) in [6, 6.07) is 7.75. The maximum absolute atomic E-state index is 12.1. The molecular formula is C18H27IN4O2. The molecule has 2 fully saturated rings. The van der Waals surface area contributed by atoms with E-state index in [0.717, 1.165) is 37.2 Å². The van der Waals surface area contributed by atoms with E-state index in [2.05, 4.69) is 15.2 Å². The van der Waals surface area contributed by atoms with Crippen LogP contribution in [0.15, 0.2) is 29.3 Å². The van der Waals surface area contributed by atoms with Crippen molar-refractivity contribution in [2.45, 2.75) is 44.8 Å². The van der Waals surface area contributed by atoms with E-state index in [4.69, 9.17) is 10.5 Å². The summed E-state index contributed by atoms with van der Waals surface area (Å²) in [7, 11) is 0. The fourth-order valence-electron chi connectivity index (χ4n) is 3.15. The minimum atomic E-state index is -0.318. The summed E-state index contributed by atoms with van der Waals surface area (Å²) in [5.74, 6) is 0.546. The molecule has 1 unspecified atom stereocenters. The van der Waals surface area contributed by atoms with Crippen molar-refractivity contribution >= 4 is 41.5 Å². The van der Waals surface area contributed by atoms with Gasteiger partial charge < -0.3 is 20.7 Å². The number of carbonyl (C=O) groups is 1. The van der Waals surface area contributed by atoms with Crippen LogP contribution in [0, 0.1) is 0 Å². The Morgan fingerprint density at radius 2 is 2.08 bits per heavy atom. The Labute approximate surface area is 166 Å². The van der Waals surface area contributed by atoms with Crippen LogP contribution < -0.4 is 11.1 Å². The zero-order chi connectivity index (χ0) is 16.8. The second-order valence-corrected chi connectivity index (χ2v) is 6.41. The number of hydrogen-bond donors (Lipinski definition) is 2. The van der Waals surface area contributed by atoms with Crippen LogP contribution in [0.3, 0.4) is 0 Å². The van der Waals surface area contributed by atoms with Gasteiger partial charge in [-0.2, -0.15) is 0 Å². The number of piperidine rings is 1. The lowest BCUT2D eigenvalue weighted by molar-refractivity contribution is -0.124. The van der Waals surface area contributed by atoms with Crippen molar-refractivity contribution in [3.05, 3.63) is 29.8 Å². The Hall–Kier alpha value is -1.35. The van der Waals surface area contributed by atoms with Crippen molar-refractivity contribution in [3.63, 3.8) is 0 Å². The van der Waals surface area contributed by atoms with Crippen molar-refractivity contribution in [2.75, 3.05) is 25.0 Å². The molecule has 1 aromatic rings. The molecular weight excluding hydrogens is 431 g/mol. The van der Waals surface area contributed by atoms with Crippen molar-refractivity contribution < 1.29 is 9.53 Å². The number of nitrogens with one attached hydrogen (secondary N) is 1. The largest absolute Gasteiger partial charge is 0.370 e. The highest BCUT2D eigenvalue weighted by atomic mass is 127. The Morgan fingerprint density at radius 1 is 1.28 bits per heavy atom. The molecule has 3 rings (SSSR count). The quantitative estimate of drug-likeness (QED) is 0.413. The number of guanidine groups is 1. The van der Waals surface area contributed by atoms with Crippen LogP contribution in [0.1, 0.15) is 37.7 Å². The smallest absolute Gasteiger partial charge is 0.253 e. The molecule has 1 atom stereocenters. The van der Waals surface area contributed by atoms with E-state index in [9.17, 15) is 4.79 Å². The Balaban J connectivity index is 0.00000225. The first-order chi connectivity index (χ1) is 11.7. The van der Waals surface area contributed by atoms with Gasteiger partial charge >= 0.3 is 0 Å². The number of carbonyl (C=O) groups excluding carboxylic acids is 1. The zero-order valence-electron chi connectivity index (χ0n) is 14.4. The first kappa shape index (κ1) is 20.0. The van der Waals surface area contributed by atoms with Crippen molar-refractivity contribution in [1.82, 2.24) is 4.90 Å². The van der Waals surface area contributed by atoms with Crippen LogP contribution in [0.2, 0.25) is 0 Å². The molecule has 0 bridgehead atoms. The predicted octanol–water partition coefficient (Wildman–Crippen LogP) is 2.72. The van der Waals surface area contributed by atoms with Crippen LogP contribution in [0.5, 0.6) is 0 Å². The minimum Gasteiger partial charge on any atom is -0.370 e. The van der Waals surface area contributed by atoms with Crippen LogP contribution in [-0.2, 0) is 16.1 Å². The second-order valence-electron chi connectivity index (χ2n) is 6.41. The molecule has 0 spiro atoms. The predicted molar refractivity (Wildman–Crippen MR) is 110 cm³/mol. The van der Waals surface area contributed by atoms with Gasteiger partial charge in [0.05, 0.1) is 6.54 Å². The first-order valence-corrected chi connectivity index (χ1v) is 8.78. The molecule has 1 amide bonds. The van der Waals surface area contributed by atoms with Crippen LogP contribution in [-0.4, -0.2) is 42.6 Å². The highest BCUT2D eigenvalue weighted by Gasteiger charge is 2.23. The van der Waals surface area contributed by atoms with Crippen LogP contribution in [0.25, 0.3) is 0 Å². The Kier molecular flexibility index (Phi) is 7.95. The van der Waals surface area contributed by atoms with Crippen molar-refractivity contribution in [1.29, 1.82) is 0 Å². The number of ether oxygens (including phenoxy) is 1. The van der Waals surface area contributed by atoms with Gasteiger partial charge in [0.25, 0.3) is 5.91 Å². The molecule has 0 radical (unpaired) electrons. The number of aliphatic imine (C=N–C) groups is 1. The molecule has 1 aromatic carbocycles. The minimum absolute atomic E-state index is 0. The standard InChI is InChI=1S/C18H26N4O2.HI/c19-18(22-9-2-1-3-10-22)20-13-14-6-4-7-15(12-14)21-17(23)16-8-5-11-24-16;/h4,6-7,12,16H,1-3,5,8-11,13H2,(H2,19,20)(H,21,23);1H. The van der Waals surface area contributed by atoms with Gasteiger partial charge in [0, 0.05) is 25.4 Å². The average molecular weight is 458 g/mol. The van der Waals surface area contributed by atoms with Crippen molar-refractivity contribution in [3.8, 4) is 0 Å². The number of nitrogens with two attached hydrogens (primary N) is 1. The summed E-state index contributed by atoms with van der Waals surface area (Å²) in [5.41, 5.74) is 7.89. The third-order valence-electron chi connectivity index (χ3n) is 4.52. The highest BCUT2D eigenvalue weighted by Crippen LogP contribution is 2.17. The first-order valence-electron chi connectivity index (χ1n) is 8.78. The zero-order valence-corrected chi connectivity index (χ0v) is 16.8. The van der Waals surface area contributed by atoms with Gasteiger partial charge in [-0.05, 0) is 49.8 Å².